The Morgan fingerprint density at radius 3 is 2.33 bits per heavy atom. The maximum Gasteiger partial charge on any atom is 0.103 e. The van der Waals surface area contributed by atoms with E-state index >= 15 is 0 Å². The molecule has 0 aromatic carbocycles. The van der Waals surface area contributed by atoms with Crippen molar-refractivity contribution in [2.45, 2.75) is 66.0 Å². The van der Waals surface area contributed by atoms with Gasteiger partial charge in [-0.3, -0.25) is 0 Å². The van der Waals surface area contributed by atoms with E-state index in [1.54, 1.807) is 0 Å². The van der Waals surface area contributed by atoms with E-state index in [9.17, 15) is 4.39 Å². The molecule has 0 unspecified atom stereocenters. The van der Waals surface area contributed by atoms with Crippen LogP contribution in [0.4, 0.5) is 4.39 Å². The Morgan fingerprint density at radius 2 is 1.93 bits per heavy atom. The Kier molecular flexibility index (Phi) is 6.87. The third-order valence-corrected chi connectivity index (χ3v) is 3.77. The van der Waals surface area contributed by atoms with Crippen molar-refractivity contribution in [2.75, 3.05) is 0 Å². The molecule has 0 fully saturated rings. The van der Waals surface area contributed by atoms with E-state index in [0.29, 0.717) is 6.42 Å². The van der Waals surface area contributed by atoms with E-state index in [2.05, 4.69) is 27.4 Å². The molecule has 0 aromatic rings. The van der Waals surface area contributed by atoms with Gasteiger partial charge in [0.15, 0.2) is 0 Å². The van der Waals surface area contributed by atoms with Crippen LogP contribution in [0.5, 0.6) is 0 Å². The summed E-state index contributed by atoms with van der Waals surface area (Å²) in [4.78, 5) is 0. The van der Waals surface area contributed by atoms with Crippen molar-refractivity contribution in [1.82, 2.24) is 0 Å². The number of hydrogen-bond donors (Lipinski definition) is 0. The molecule has 0 rings (SSSR count). The first-order valence-corrected chi connectivity index (χ1v) is 6.26. The van der Waals surface area contributed by atoms with Gasteiger partial charge >= 0.3 is 0 Å². The van der Waals surface area contributed by atoms with Crippen molar-refractivity contribution < 1.29 is 4.39 Å². The molecule has 0 aromatic heterocycles. The Morgan fingerprint density at radius 1 is 1.33 bits per heavy atom. The second-order valence-corrected chi connectivity index (χ2v) is 4.94. The van der Waals surface area contributed by atoms with Crippen LogP contribution in [0, 0.1) is 11.3 Å². The van der Waals surface area contributed by atoms with Crippen LogP contribution in [0.25, 0.3) is 0 Å². The molecule has 0 nitrogen and oxygen atoms in total. The van der Waals surface area contributed by atoms with Crippen molar-refractivity contribution >= 4 is 0 Å². The van der Waals surface area contributed by atoms with Crippen LogP contribution >= 0.6 is 0 Å². The number of rotatable bonds is 8. The molecule has 0 N–H and O–H groups in total. The number of halogens is 1. The zero-order valence-corrected chi connectivity index (χ0v) is 10.9. The molecule has 0 amide bonds. The number of hydrogen-bond acceptors (Lipinski definition) is 0. The fourth-order valence-electron chi connectivity index (χ4n) is 2.37. The Balaban J connectivity index is 4.51. The van der Waals surface area contributed by atoms with Gasteiger partial charge in [0, 0.05) is 0 Å². The van der Waals surface area contributed by atoms with Gasteiger partial charge in [0.2, 0.25) is 0 Å². The van der Waals surface area contributed by atoms with Gasteiger partial charge in [0.1, 0.15) is 6.17 Å². The van der Waals surface area contributed by atoms with E-state index < -0.39 is 6.17 Å². The molecule has 0 aliphatic heterocycles. The minimum absolute atomic E-state index is 0.137. The maximum absolute atomic E-state index is 13.7. The molecular weight excluding hydrogens is 187 g/mol. The normalized spacial score (nSPS) is 19.3. The lowest BCUT2D eigenvalue weighted by atomic mass is 9.69. The number of alkyl halides is 1. The molecule has 3 atom stereocenters. The summed E-state index contributed by atoms with van der Waals surface area (Å²) in [7, 11) is 0. The predicted molar refractivity (Wildman–Crippen MR) is 66.8 cm³/mol. The lowest BCUT2D eigenvalue weighted by molar-refractivity contribution is 0.0799. The molecule has 0 aliphatic carbocycles. The fraction of sp³-hybridized carbons (Fsp3) is 0.857. The molecule has 0 aliphatic rings. The van der Waals surface area contributed by atoms with E-state index in [-0.39, 0.29) is 11.3 Å². The molecule has 0 saturated heterocycles. The summed E-state index contributed by atoms with van der Waals surface area (Å²) in [6, 6.07) is 0. The summed E-state index contributed by atoms with van der Waals surface area (Å²) in [6.45, 7) is 12.2. The summed E-state index contributed by atoms with van der Waals surface area (Å²) in [5, 5.41) is 0. The summed E-state index contributed by atoms with van der Waals surface area (Å²) >= 11 is 0. The molecule has 0 saturated carbocycles. The van der Waals surface area contributed by atoms with Crippen LogP contribution in [0.15, 0.2) is 12.7 Å². The zero-order valence-electron chi connectivity index (χ0n) is 10.9. The molecule has 0 bridgehead atoms. The predicted octanol–water partition coefficient (Wildman–Crippen LogP) is 5.14. The second-order valence-electron chi connectivity index (χ2n) is 4.94. The zero-order chi connectivity index (χ0) is 11.9. The van der Waals surface area contributed by atoms with Crippen LogP contribution < -0.4 is 0 Å². The molecule has 90 valence electrons. The van der Waals surface area contributed by atoms with E-state index in [1.165, 1.54) is 0 Å². The van der Waals surface area contributed by atoms with Crippen LogP contribution in [0.2, 0.25) is 0 Å². The molecule has 1 heteroatoms. The molecular formula is C14H27F. The monoisotopic (exact) mass is 214 g/mol. The third-order valence-electron chi connectivity index (χ3n) is 3.77. The van der Waals surface area contributed by atoms with Crippen LogP contribution in [-0.4, -0.2) is 6.17 Å². The maximum atomic E-state index is 13.7. The average Bonchev–Trinajstić information content (AvgIpc) is 2.24. The quantitative estimate of drug-likeness (QED) is 0.491. The first-order valence-electron chi connectivity index (χ1n) is 6.26. The summed E-state index contributed by atoms with van der Waals surface area (Å²) < 4.78 is 13.7. The Labute approximate surface area is 95.0 Å². The van der Waals surface area contributed by atoms with Crippen molar-refractivity contribution in [3.8, 4) is 0 Å². The third kappa shape index (κ3) is 4.36. The SMILES string of the molecule is C=CCC[C@@](C)(CCC)[C@H](C)[C@@H](F)CC. The topological polar surface area (TPSA) is 0 Å². The minimum Gasteiger partial charge on any atom is -0.247 e. The second kappa shape index (κ2) is 7.03. The minimum atomic E-state index is -0.661. The van der Waals surface area contributed by atoms with Gasteiger partial charge in [-0.2, -0.15) is 0 Å². The lowest BCUT2D eigenvalue weighted by Gasteiger charge is -2.37. The van der Waals surface area contributed by atoms with E-state index in [4.69, 9.17) is 0 Å². The van der Waals surface area contributed by atoms with Crippen LogP contribution in [0.3, 0.4) is 0 Å². The van der Waals surface area contributed by atoms with Gasteiger partial charge in [-0.1, -0.05) is 40.2 Å². The molecule has 0 radical (unpaired) electrons. The first kappa shape index (κ1) is 14.7. The van der Waals surface area contributed by atoms with Crippen molar-refractivity contribution in [2.24, 2.45) is 11.3 Å². The average molecular weight is 214 g/mol. The largest absolute Gasteiger partial charge is 0.247 e. The smallest absolute Gasteiger partial charge is 0.103 e. The molecule has 0 heterocycles. The van der Waals surface area contributed by atoms with Gasteiger partial charge in [-0.15, -0.1) is 6.58 Å². The van der Waals surface area contributed by atoms with Gasteiger partial charge in [-0.05, 0) is 37.0 Å². The Hall–Kier alpha value is -0.330. The standard InChI is InChI=1S/C14H27F/c1-6-9-11-14(5,10-7-2)12(4)13(15)8-3/h6,12-13H,1,7-11H2,2-5H3/t12-,13+,14-/m1/s1. The first-order chi connectivity index (χ1) is 7.01. The highest BCUT2D eigenvalue weighted by atomic mass is 19.1. The molecule has 15 heavy (non-hydrogen) atoms. The van der Waals surface area contributed by atoms with Gasteiger partial charge in [-0.25, -0.2) is 4.39 Å². The van der Waals surface area contributed by atoms with E-state index in [1.807, 2.05) is 13.0 Å². The van der Waals surface area contributed by atoms with Gasteiger partial charge in [0.25, 0.3) is 0 Å². The molecule has 0 spiro atoms. The summed E-state index contributed by atoms with van der Waals surface area (Å²) in [5.41, 5.74) is 0.137. The highest BCUT2D eigenvalue weighted by Crippen LogP contribution is 2.40. The fourth-order valence-corrected chi connectivity index (χ4v) is 2.37. The van der Waals surface area contributed by atoms with Gasteiger partial charge < -0.3 is 0 Å². The summed E-state index contributed by atoms with van der Waals surface area (Å²) in [5.74, 6) is 0.155. The van der Waals surface area contributed by atoms with E-state index in [0.717, 1.165) is 25.7 Å². The highest BCUT2D eigenvalue weighted by molar-refractivity contribution is 4.86. The van der Waals surface area contributed by atoms with Crippen molar-refractivity contribution in [1.29, 1.82) is 0 Å². The summed E-state index contributed by atoms with van der Waals surface area (Å²) in [6.07, 6.45) is 6.22. The van der Waals surface area contributed by atoms with Gasteiger partial charge in [0.05, 0.1) is 0 Å². The highest BCUT2D eigenvalue weighted by Gasteiger charge is 2.34. The van der Waals surface area contributed by atoms with Crippen molar-refractivity contribution in [3.05, 3.63) is 12.7 Å². The Bertz CT molecular complexity index is 176. The van der Waals surface area contributed by atoms with Crippen LogP contribution in [0.1, 0.15) is 59.8 Å². The van der Waals surface area contributed by atoms with Crippen LogP contribution in [-0.2, 0) is 0 Å². The lowest BCUT2D eigenvalue weighted by Crippen LogP contribution is -2.32. The number of allylic oxidation sites excluding steroid dienone is 1. The van der Waals surface area contributed by atoms with Crippen molar-refractivity contribution in [3.63, 3.8) is 0 Å².